The van der Waals surface area contributed by atoms with Crippen LogP contribution in [-0.4, -0.2) is 23.5 Å². The monoisotopic (exact) mass is 556 g/mol. The molecule has 1 fully saturated rings. The Balaban J connectivity index is 1.48. The second-order valence-corrected chi connectivity index (χ2v) is 9.72. The van der Waals surface area contributed by atoms with Crippen molar-refractivity contribution in [3.05, 3.63) is 106 Å². The van der Waals surface area contributed by atoms with Gasteiger partial charge >= 0.3 is 0 Å². The first-order chi connectivity index (χ1) is 18.9. The van der Waals surface area contributed by atoms with E-state index >= 15 is 0 Å². The van der Waals surface area contributed by atoms with Gasteiger partial charge in [0.05, 0.1) is 17.3 Å². The molecule has 196 valence electrons. The second-order valence-electron chi connectivity index (χ2n) is 8.93. The van der Waals surface area contributed by atoms with Crippen LogP contribution in [0.1, 0.15) is 23.6 Å². The summed E-state index contributed by atoms with van der Waals surface area (Å²) < 4.78 is 12.1. The summed E-state index contributed by atoms with van der Waals surface area (Å²) in [6.07, 6.45) is 1.47. The molecular formula is C31H25ClN2O4S. The Morgan fingerprint density at radius 3 is 2.49 bits per heavy atom. The Morgan fingerprint density at radius 1 is 0.974 bits per heavy atom. The summed E-state index contributed by atoms with van der Waals surface area (Å²) in [6.45, 7) is 4.56. The maximum Gasteiger partial charge on any atom is 0.270 e. The molecule has 0 aromatic heterocycles. The van der Waals surface area contributed by atoms with Crippen LogP contribution in [0.5, 0.6) is 11.5 Å². The minimum Gasteiger partial charge on any atom is -0.490 e. The molecule has 0 atom stereocenters. The van der Waals surface area contributed by atoms with E-state index in [9.17, 15) is 9.59 Å². The van der Waals surface area contributed by atoms with E-state index in [-0.39, 0.29) is 17.3 Å². The Morgan fingerprint density at radius 2 is 1.72 bits per heavy atom. The predicted octanol–water partition coefficient (Wildman–Crippen LogP) is 6.61. The van der Waals surface area contributed by atoms with Crippen molar-refractivity contribution in [3.63, 3.8) is 0 Å². The maximum atomic E-state index is 13.3. The lowest BCUT2D eigenvalue weighted by molar-refractivity contribution is -0.122. The molecule has 1 aliphatic rings. The zero-order valence-electron chi connectivity index (χ0n) is 21.4. The van der Waals surface area contributed by atoms with Gasteiger partial charge in [-0.1, -0.05) is 66.2 Å². The maximum absolute atomic E-state index is 13.3. The van der Waals surface area contributed by atoms with E-state index in [1.807, 2.05) is 32.0 Å². The van der Waals surface area contributed by atoms with Crippen molar-refractivity contribution >= 4 is 63.3 Å². The number of carbonyl (C=O) groups excluding carboxylic acids is 2. The van der Waals surface area contributed by atoms with Gasteiger partial charge in [0, 0.05) is 5.56 Å². The normalized spacial score (nSPS) is 14.6. The Kier molecular flexibility index (Phi) is 7.63. The number of halogens is 1. The van der Waals surface area contributed by atoms with E-state index in [0.717, 1.165) is 21.9 Å². The number of nitrogens with zero attached hydrogens (tertiary/aromatic N) is 1. The molecule has 1 saturated heterocycles. The van der Waals surface area contributed by atoms with Crippen LogP contribution in [0, 0.1) is 6.92 Å². The summed E-state index contributed by atoms with van der Waals surface area (Å²) in [5.41, 5.74) is 3.15. The largest absolute Gasteiger partial charge is 0.490 e. The third-order valence-corrected chi connectivity index (χ3v) is 6.96. The number of ether oxygens (including phenoxy) is 2. The fourth-order valence-electron chi connectivity index (χ4n) is 4.49. The van der Waals surface area contributed by atoms with Crippen molar-refractivity contribution in [2.45, 2.75) is 20.5 Å². The third kappa shape index (κ3) is 5.37. The molecule has 2 amide bonds. The minimum absolute atomic E-state index is 0.0221. The Hall–Kier alpha value is -4.20. The number of anilines is 1. The molecule has 0 aliphatic carbocycles. The highest BCUT2D eigenvalue weighted by Crippen LogP contribution is 2.39. The summed E-state index contributed by atoms with van der Waals surface area (Å²) in [5.74, 6) is -0.317. The molecule has 1 N–H and O–H groups in total. The summed E-state index contributed by atoms with van der Waals surface area (Å²) in [5, 5.41) is 5.14. The van der Waals surface area contributed by atoms with Gasteiger partial charge in [-0.25, -0.2) is 0 Å². The van der Waals surface area contributed by atoms with E-state index in [2.05, 4.69) is 29.6 Å². The number of nitrogens with one attached hydrogen (secondary N) is 1. The molecule has 1 aliphatic heterocycles. The molecule has 4 aromatic carbocycles. The fraction of sp³-hybridized carbons (Fsp3) is 0.129. The summed E-state index contributed by atoms with van der Waals surface area (Å²) in [7, 11) is 0. The molecule has 0 saturated carbocycles. The second kappa shape index (κ2) is 11.3. The lowest BCUT2D eigenvalue weighted by Gasteiger charge is -2.28. The molecule has 39 heavy (non-hydrogen) atoms. The summed E-state index contributed by atoms with van der Waals surface area (Å²) in [6, 6.07) is 24.5. The van der Waals surface area contributed by atoms with E-state index < -0.39 is 11.8 Å². The highest BCUT2D eigenvalue weighted by Gasteiger charge is 2.34. The van der Waals surface area contributed by atoms with Crippen molar-refractivity contribution in [2.24, 2.45) is 0 Å². The number of carbonyl (C=O) groups is 2. The first-order valence-corrected chi connectivity index (χ1v) is 13.2. The number of benzene rings is 4. The van der Waals surface area contributed by atoms with Gasteiger partial charge in [-0.15, -0.1) is 0 Å². The van der Waals surface area contributed by atoms with Gasteiger partial charge < -0.3 is 9.47 Å². The molecule has 6 nitrogen and oxygen atoms in total. The molecule has 0 radical (unpaired) electrons. The smallest absolute Gasteiger partial charge is 0.270 e. The third-order valence-electron chi connectivity index (χ3n) is 6.39. The molecular weight excluding hydrogens is 532 g/mol. The highest BCUT2D eigenvalue weighted by atomic mass is 35.5. The molecule has 5 rings (SSSR count). The number of rotatable bonds is 7. The van der Waals surface area contributed by atoms with E-state index in [1.165, 1.54) is 11.0 Å². The molecule has 0 bridgehead atoms. The van der Waals surface area contributed by atoms with E-state index in [4.69, 9.17) is 33.3 Å². The minimum atomic E-state index is -0.585. The van der Waals surface area contributed by atoms with Gasteiger partial charge in [0.15, 0.2) is 16.6 Å². The average molecular weight is 557 g/mol. The zero-order valence-corrected chi connectivity index (χ0v) is 22.9. The Labute approximate surface area is 236 Å². The molecule has 4 aromatic rings. The van der Waals surface area contributed by atoms with Crippen LogP contribution >= 0.6 is 23.8 Å². The van der Waals surface area contributed by atoms with E-state index in [0.29, 0.717) is 34.4 Å². The summed E-state index contributed by atoms with van der Waals surface area (Å²) >= 11 is 12.0. The van der Waals surface area contributed by atoms with E-state index in [1.54, 1.807) is 36.4 Å². The number of hydrogen-bond acceptors (Lipinski definition) is 5. The Bertz CT molecular complexity index is 1630. The van der Waals surface area contributed by atoms with Crippen LogP contribution in [0.4, 0.5) is 5.69 Å². The number of para-hydroxylation sites is 1. The lowest BCUT2D eigenvalue weighted by Crippen LogP contribution is -2.54. The molecule has 8 heteroatoms. The van der Waals surface area contributed by atoms with Crippen LogP contribution < -0.4 is 19.7 Å². The number of aryl methyl sites for hydroxylation is 1. The van der Waals surface area contributed by atoms with Crippen LogP contribution in [0.2, 0.25) is 5.02 Å². The molecule has 1 heterocycles. The average Bonchev–Trinajstić information content (AvgIpc) is 2.92. The van der Waals surface area contributed by atoms with Gasteiger partial charge in [-0.3, -0.25) is 19.8 Å². The predicted molar refractivity (Wildman–Crippen MR) is 158 cm³/mol. The zero-order chi connectivity index (χ0) is 27.5. The van der Waals surface area contributed by atoms with Crippen molar-refractivity contribution < 1.29 is 19.1 Å². The SMILES string of the molecule is CCOc1cc(/C=C2/C(=O)NC(=S)N(c3ccccc3)C2=O)cc(Cl)c1OCc1c(C)ccc2ccccc12. The van der Waals surface area contributed by atoms with Crippen LogP contribution in [0.15, 0.2) is 84.4 Å². The van der Waals surface area contributed by atoms with Gasteiger partial charge in [0.1, 0.15) is 12.2 Å². The molecule has 0 spiro atoms. The topological polar surface area (TPSA) is 67.9 Å². The van der Waals surface area contributed by atoms with Gasteiger partial charge in [-0.2, -0.15) is 0 Å². The van der Waals surface area contributed by atoms with Gasteiger partial charge in [-0.05, 0) is 78.3 Å². The molecule has 0 unspecified atom stereocenters. The highest BCUT2D eigenvalue weighted by molar-refractivity contribution is 7.80. The lowest BCUT2D eigenvalue weighted by atomic mass is 10.0. The van der Waals surface area contributed by atoms with Gasteiger partial charge in [0.25, 0.3) is 11.8 Å². The fourth-order valence-corrected chi connectivity index (χ4v) is 5.05. The van der Waals surface area contributed by atoms with Crippen molar-refractivity contribution in [3.8, 4) is 11.5 Å². The van der Waals surface area contributed by atoms with Gasteiger partial charge in [0.2, 0.25) is 0 Å². The van der Waals surface area contributed by atoms with Crippen LogP contribution in [-0.2, 0) is 16.2 Å². The first kappa shape index (κ1) is 26.4. The quantitative estimate of drug-likeness (QED) is 0.158. The van der Waals surface area contributed by atoms with Crippen molar-refractivity contribution in [1.29, 1.82) is 0 Å². The van der Waals surface area contributed by atoms with Crippen LogP contribution in [0.3, 0.4) is 0 Å². The van der Waals surface area contributed by atoms with Crippen LogP contribution in [0.25, 0.3) is 16.8 Å². The standard InChI is InChI=1S/C31H25ClN2O4S/c1-3-37-27-17-20(15-24-29(35)33-31(39)34(30(24)36)22-10-5-4-6-11-22)16-26(32)28(27)38-18-25-19(2)13-14-21-9-7-8-12-23(21)25/h4-17H,3,18H2,1-2H3,(H,33,35,39)/b24-15-. The first-order valence-electron chi connectivity index (χ1n) is 12.4. The van der Waals surface area contributed by atoms with Crippen molar-refractivity contribution in [1.82, 2.24) is 5.32 Å². The number of amides is 2. The summed E-state index contributed by atoms with van der Waals surface area (Å²) in [4.78, 5) is 27.4. The number of thiocarbonyl (C=S) groups is 1. The number of hydrogen-bond donors (Lipinski definition) is 1. The number of fused-ring (bicyclic) bond motifs is 1. The van der Waals surface area contributed by atoms with Crippen molar-refractivity contribution in [2.75, 3.05) is 11.5 Å².